The van der Waals surface area contributed by atoms with Crippen LogP contribution in [-0.4, -0.2) is 39.8 Å². The molecule has 0 aliphatic rings. The average molecular weight is 289 g/mol. The number of rotatable bonds is 7. The van der Waals surface area contributed by atoms with Gasteiger partial charge in [0.15, 0.2) is 5.82 Å². The summed E-state index contributed by atoms with van der Waals surface area (Å²) in [4.78, 5) is 13.0. The number of hydrogen-bond donors (Lipinski definition) is 1. The van der Waals surface area contributed by atoms with E-state index >= 15 is 0 Å². The average Bonchev–Trinajstić information content (AvgIpc) is 2.90. The van der Waals surface area contributed by atoms with E-state index in [2.05, 4.69) is 34.1 Å². The third kappa shape index (κ3) is 4.26. The van der Waals surface area contributed by atoms with E-state index in [1.54, 1.807) is 25.7 Å². The Morgan fingerprint density at radius 3 is 2.81 bits per heavy atom. The zero-order chi connectivity index (χ0) is 15.3. The molecular formula is C15H23N5O. The highest BCUT2D eigenvalue weighted by Gasteiger charge is 2.17. The van der Waals surface area contributed by atoms with Crippen molar-refractivity contribution >= 4 is 5.82 Å². The van der Waals surface area contributed by atoms with Gasteiger partial charge in [-0.3, -0.25) is 9.55 Å². The molecule has 0 unspecified atom stereocenters. The minimum atomic E-state index is 0.138. The van der Waals surface area contributed by atoms with Crippen molar-refractivity contribution in [1.29, 1.82) is 0 Å². The molecule has 0 saturated carbocycles. The molecule has 0 fully saturated rings. The van der Waals surface area contributed by atoms with Crippen molar-refractivity contribution in [2.75, 3.05) is 25.6 Å². The maximum atomic E-state index is 5.14. The van der Waals surface area contributed by atoms with Gasteiger partial charge in [-0.1, -0.05) is 13.8 Å². The molecule has 21 heavy (non-hydrogen) atoms. The van der Waals surface area contributed by atoms with E-state index in [1.165, 1.54) is 0 Å². The number of hydrogen-bond acceptors (Lipinski definition) is 5. The SMILES string of the molecule is COCCC(C)(C)CNc1cncc(-n2ccnc2C)n1. The molecule has 6 nitrogen and oxygen atoms in total. The minimum Gasteiger partial charge on any atom is -0.385 e. The maximum Gasteiger partial charge on any atom is 0.159 e. The Morgan fingerprint density at radius 1 is 1.33 bits per heavy atom. The largest absolute Gasteiger partial charge is 0.385 e. The molecule has 0 aliphatic heterocycles. The van der Waals surface area contributed by atoms with Crippen LogP contribution in [0.1, 0.15) is 26.1 Å². The first-order chi connectivity index (χ1) is 10.0. The number of methoxy groups -OCH3 is 1. The molecule has 2 aromatic heterocycles. The van der Waals surface area contributed by atoms with Gasteiger partial charge in [-0.15, -0.1) is 0 Å². The van der Waals surface area contributed by atoms with Crippen molar-refractivity contribution < 1.29 is 4.74 Å². The lowest BCUT2D eigenvalue weighted by Gasteiger charge is -2.24. The van der Waals surface area contributed by atoms with E-state index in [0.29, 0.717) is 0 Å². The smallest absolute Gasteiger partial charge is 0.159 e. The number of imidazole rings is 1. The van der Waals surface area contributed by atoms with Gasteiger partial charge in [0.1, 0.15) is 11.6 Å². The molecule has 0 atom stereocenters. The Hall–Kier alpha value is -1.95. The highest BCUT2D eigenvalue weighted by molar-refractivity contribution is 5.36. The van der Waals surface area contributed by atoms with Crippen LogP contribution in [-0.2, 0) is 4.74 Å². The molecule has 6 heteroatoms. The van der Waals surface area contributed by atoms with Crippen molar-refractivity contribution in [3.8, 4) is 5.82 Å². The summed E-state index contributed by atoms with van der Waals surface area (Å²) in [6, 6.07) is 0. The van der Waals surface area contributed by atoms with Crippen molar-refractivity contribution in [1.82, 2.24) is 19.5 Å². The first-order valence-corrected chi connectivity index (χ1v) is 7.07. The molecule has 1 N–H and O–H groups in total. The quantitative estimate of drug-likeness (QED) is 0.848. The Labute approximate surface area is 125 Å². The van der Waals surface area contributed by atoms with E-state index in [1.807, 2.05) is 17.7 Å². The topological polar surface area (TPSA) is 64.9 Å². The van der Waals surface area contributed by atoms with Gasteiger partial charge in [-0.05, 0) is 18.8 Å². The molecule has 0 aliphatic carbocycles. The summed E-state index contributed by atoms with van der Waals surface area (Å²) in [6.07, 6.45) is 8.10. The summed E-state index contributed by atoms with van der Waals surface area (Å²) in [6.45, 7) is 7.92. The van der Waals surface area contributed by atoms with Gasteiger partial charge in [0, 0.05) is 32.7 Å². The zero-order valence-corrected chi connectivity index (χ0v) is 13.1. The van der Waals surface area contributed by atoms with Crippen molar-refractivity contribution in [3.05, 3.63) is 30.6 Å². The van der Waals surface area contributed by atoms with Crippen LogP contribution in [0.25, 0.3) is 5.82 Å². The van der Waals surface area contributed by atoms with E-state index in [-0.39, 0.29) is 5.41 Å². The Kier molecular flexibility index (Phi) is 4.90. The standard InChI is InChI=1S/C15H23N5O/c1-12-17-6-7-20(12)14-10-16-9-13(19-14)18-11-15(2,3)5-8-21-4/h6-7,9-10H,5,8,11H2,1-4H3,(H,18,19). The van der Waals surface area contributed by atoms with Gasteiger partial charge in [0.25, 0.3) is 0 Å². The molecule has 0 radical (unpaired) electrons. The number of aromatic nitrogens is 4. The first kappa shape index (κ1) is 15.4. The fourth-order valence-corrected chi connectivity index (χ4v) is 1.97. The molecule has 0 bridgehead atoms. The van der Waals surface area contributed by atoms with Crippen LogP contribution in [0, 0.1) is 12.3 Å². The summed E-state index contributed by atoms with van der Waals surface area (Å²) in [5, 5.41) is 3.35. The van der Waals surface area contributed by atoms with Crippen molar-refractivity contribution in [3.63, 3.8) is 0 Å². The summed E-state index contributed by atoms with van der Waals surface area (Å²) in [5.41, 5.74) is 0.138. The number of nitrogens with one attached hydrogen (secondary N) is 1. The monoisotopic (exact) mass is 289 g/mol. The fourth-order valence-electron chi connectivity index (χ4n) is 1.97. The lowest BCUT2D eigenvalue weighted by atomic mass is 9.90. The van der Waals surface area contributed by atoms with Crippen LogP contribution in [0.5, 0.6) is 0 Å². The van der Waals surface area contributed by atoms with Crippen LogP contribution < -0.4 is 5.32 Å². The second-order valence-electron chi connectivity index (χ2n) is 5.87. The first-order valence-electron chi connectivity index (χ1n) is 7.07. The Morgan fingerprint density at radius 2 is 2.14 bits per heavy atom. The normalized spacial score (nSPS) is 11.6. The number of anilines is 1. The van der Waals surface area contributed by atoms with Gasteiger partial charge in [-0.25, -0.2) is 9.97 Å². The number of aryl methyl sites for hydroxylation is 1. The molecule has 2 heterocycles. The lowest BCUT2D eigenvalue weighted by Crippen LogP contribution is -2.25. The molecular weight excluding hydrogens is 266 g/mol. The van der Waals surface area contributed by atoms with Crippen LogP contribution >= 0.6 is 0 Å². The minimum absolute atomic E-state index is 0.138. The zero-order valence-electron chi connectivity index (χ0n) is 13.1. The van der Waals surface area contributed by atoms with E-state index < -0.39 is 0 Å². The summed E-state index contributed by atoms with van der Waals surface area (Å²) in [7, 11) is 1.73. The van der Waals surface area contributed by atoms with Crippen LogP contribution in [0.2, 0.25) is 0 Å². The molecule has 0 saturated heterocycles. The van der Waals surface area contributed by atoms with Crippen LogP contribution in [0.15, 0.2) is 24.8 Å². The summed E-state index contributed by atoms with van der Waals surface area (Å²) >= 11 is 0. The number of nitrogens with zero attached hydrogens (tertiary/aromatic N) is 4. The van der Waals surface area contributed by atoms with E-state index in [4.69, 9.17) is 4.74 Å². The van der Waals surface area contributed by atoms with Gasteiger partial charge < -0.3 is 10.1 Å². The highest BCUT2D eigenvalue weighted by atomic mass is 16.5. The van der Waals surface area contributed by atoms with Crippen molar-refractivity contribution in [2.24, 2.45) is 5.41 Å². The van der Waals surface area contributed by atoms with Gasteiger partial charge in [0.2, 0.25) is 0 Å². The van der Waals surface area contributed by atoms with Gasteiger partial charge in [0.05, 0.1) is 12.4 Å². The van der Waals surface area contributed by atoms with E-state index in [9.17, 15) is 0 Å². The van der Waals surface area contributed by atoms with Gasteiger partial charge >= 0.3 is 0 Å². The molecule has 0 amide bonds. The number of ether oxygens (including phenoxy) is 1. The molecule has 2 aromatic rings. The summed E-state index contributed by atoms with van der Waals surface area (Å²) < 4.78 is 7.06. The molecule has 0 aromatic carbocycles. The second kappa shape index (κ2) is 6.67. The highest BCUT2D eigenvalue weighted by Crippen LogP contribution is 2.20. The second-order valence-corrected chi connectivity index (χ2v) is 5.87. The predicted molar refractivity (Wildman–Crippen MR) is 82.7 cm³/mol. The third-order valence-electron chi connectivity index (χ3n) is 3.43. The van der Waals surface area contributed by atoms with E-state index in [0.717, 1.165) is 37.0 Å². The maximum absolute atomic E-state index is 5.14. The Balaban J connectivity index is 2.03. The molecule has 0 spiro atoms. The van der Waals surface area contributed by atoms with Crippen LogP contribution in [0.4, 0.5) is 5.82 Å². The lowest BCUT2D eigenvalue weighted by molar-refractivity contribution is 0.157. The summed E-state index contributed by atoms with van der Waals surface area (Å²) in [5.74, 6) is 2.43. The van der Waals surface area contributed by atoms with Crippen LogP contribution in [0.3, 0.4) is 0 Å². The third-order valence-corrected chi connectivity index (χ3v) is 3.43. The predicted octanol–water partition coefficient (Wildman–Crippen LogP) is 2.45. The van der Waals surface area contributed by atoms with Gasteiger partial charge in [-0.2, -0.15) is 0 Å². The Bertz CT molecular complexity index is 579. The fraction of sp³-hybridized carbons (Fsp3) is 0.533. The molecule has 2 rings (SSSR count). The van der Waals surface area contributed by atoms with Crippen molar-refractivity contribution in [2.45, 2.75) is 27.2 Å². The molecule has 114 valence electrons.